The molecule has 0 saturated carbocycles. The fraction of sp³-hybridized carbons (Fsp3) is 0.306. The van der Waals surface area contributed by atoms with Crippen molar-refractivity contribution in [3.63, 3.8) is 0 Å². The predicted molar refractivity (Wildman–Crippen MR) is 277 cm³/mol. The van der Waals surface area contributed by atoms with Gasteiger partial charge in [-0.05, 0) is 45.5 Å². The third-order valence-corrected chi connectivity index (χ3v) is 12.9. The maximum Gasteiger partial charge on any atom is 0.338 e. The van der Waals surface area contributed by atoms with Gasteiger partial charge in [-0.3, -0.25) is 0 Å². The molecule has 2 saturated heterocycles. The molecule has 0 aliphatic carbocycles. The number of hydrogen-bond donors (Lipinski definition) is 0. The van der Waals surface area contributed by atoms with Crippen LogP contribution in [0.2, 0.25) is 0 Å². The first-order chi connectivity index (χ1) is 36.6. The van der Waals surface area contributed by atoms with Crippen LogP contribution in [0.1, 0.15) is 43.7 Å². The van der Waals surface area contributed by atoms with Crippen LogP contribution in [-0.4, -0.2) is 87.7 Å². The van der Waals surface area contributed by atoms with Crippen molar-refractivity contribution in [1.82, 2.24) is 0 Å². The summed E-state index contributed by atoms with van der Waals surface area (Å²) >= 11 is 0. The zero-order valence-electron chi connectivity index (χ0n) is 41.5. The van der Waals surface area contributed by atoms with E-state index >= 15 is 0 Å². The van der Waals surface area contributed by atoms with Gasteiger partial charge in [0.2, 0.25) is 0 Å². The molecule has 2 fully saturated rings. The number of carbonyl (C=O) groups is 1. The Labute approximate surface area is 433 Å². The number of rotatable bonds is 25. The average Bonchev–Trinajstić information content (AvgIpc) is 3.46. The SMILES string of the molecule is CO[C@H]1O[C@H](CO[C@@H]2O[C@H](COCc3ccccc3)[C@@H](OCc3ccccc3)[C@H](OCc3ccccc3)[C@H]2OC(=O)c2ccccc2)[C@@H](OCc2ccccc2)[C@H](OCc2ccccc2)[C@H]1OCc1ccccc1. The van der Waals surface area contributed by atoms with Gasteiger partial charge in [0, 0.05) is 7.11 Å². The lowest BCUT2D eigenvalue weighted by atomic mass is 9.96. The number of carbonyl (C=O) groups excluding carboxylic acids is 1. The summed E-state index contributed by atoms with van der Waals surface area (Å²) in [4.78, 5) is 14.3. The van der Waals surface area contributed by atoms with E-state index in [1.807, 2.05) is 188 Å². The van der Waals surface area contributed by atoms with E-state index in [-0.39, 0.29) is 46.2 Å². The van der Waals surface area contributed by atoms with E-state index in [0.29, 0.717) is 12.2 Å². The van der Waals surface area contributed by atoms with Gasteiger partial charge in [0.1, 0.15) is 42.7 Å². The molecular weight excluding hydrogens is 937 g/mol. The lowest BCUT2D eigenvalue weighted by Crippen LogP contribution is -2.64. The van der Waals surface area contributed by atoms with Crippen LogP contribution in [0.4, 0.5) is 0 Å². The smallest absolute Gasteiger partial charge is 0.338 e. The largest absolute Gasteiger partial charge is 0.450 e. The molecule has 0 N–H and O–H groups in total. The summed E-state index contributed by atoms with van der Waals surface area (Å²) in [5.74, 6) is -0.591. The van der Waals surface area contributed by atoms with Crippen molar-refractivity contribution >= 4 is 5.97 Å². The van der Waals surface area contributed by atoms with Crippen LogP contribution in [0.15, 0.2) is 212 Å². The molecule has 2 heterocycles. The van der Waals surface area contributed by atoms with Crippen molar-refractivity contribution in [2.75, 3.05) is 20.3 Å². The van der Waals surface area contributed by atoms with Crippen molar-refractivity contribution in [3.8, 4) is 0 Å². The second-order valence-corrected chi connectivity index (χ2v) is 18.2. The molecule has 0 amide bonds. The van der Waals surface area contributed by atoms with Gasteiger partial charge in [-0.1, -0.05) is 200 Å². The van der Waals surface area contributed by atoms with E-state index in [4.69, 9.17) is 52.1 Å². The van der Waals surface area contributed by atoms with Crippen LogP contribution >= 0.6 is 0 Å². The summed E-state index contributed by atoms with van der Waals surface area (Å²) in [7, 11) is 1.58. The van der Waals surface area contributed by atoms with Gasteiger partial charge in [0.15, 0.2) is 18.7 Å². The Hall–Kier alpha value is -6.39. The number of methoxy groups -OCH3 is 1. The lowest BCUT2D eigenvalue weighted by Gasteiger charge is -2.47. The van der Waals surface area contributed by atoms with Crippen LogP contribution < -0.4 is 0 Å². The molecule has 0 spiro atoms. The minimum Gasteiger partial charge on any atom is -0.450 e. The van der Waals surface area contributed by atoms with Gasteiger partial charge >= 0.3 is 5.97 Å². The first-order valence-electron chi connectivity index (χ1n) is 25.2. The Morgan fingerprint density at radius 2 is 0.676 bits per heavy atom. The van der Waals surface area contributed by atoms with Crippen molar-refractivity contribution in [1.29, 1.82) is 0 Å². The number of esters is 1. The summed E-state index contributed by atoms with van der Waals surface area (Å²) in [6.45, 7) is 1.41. The topological polar surface area (TPSA) is 119 Å². The van der Waals surface area contributed by atoms with Crippen molar-refractivity contribution in [2.45, 2.75) is 101 Å². The summed E-state index contributed by atoms with van der Waals surface area (Å²) in [6.07, 6.45) is -8.93. The first kappa shape index (κ1) is 52.5. The van der Waals surface area contributed by atoms with Crippen LogP contribution in [0, 0.1) is 0 Å². The van der Waals surface area contributed by atoms with Gasteiger partial charge in [-0.15, -0.1) is 0 Å². The molecule has 2 aliphatic rings. The average molecular weight is 1000 g/mol. The van der Waals surface area contributed by atoms with Gasteiger partial charge < -0.3 is 52.1 Å². The second kappa shape index (κ2) is 27.8. The standard InChI is InChI=1S/C62H64O12/c1-64-61-58(70-42-50-33-19-7-20-34-50)56(68-40-48-29-15-5-16-30-48)55(67-39-47-27-13-4-14-28-47)53(72-61)44-71-62-59(74-60(63)51-35-21-8-22-36-51)57(69-41-49-31-17-6-18-32-49)54(66-38-46-25-11-3-12-26-46)52(73-62)43-65-37-45-23-9-2-10-24-45/h2-36,52-59,61-62H,37-44H2,1H3/t52-,53-,54-,55-,56+,57+,58-,59-,61+,62-/m1/s1. The Morgan fingerprint density at radius 1 is 0.351 bits per heavy atom. The molecule has 10 atom stereocenters. The maximum atomic E-state index is 14.3. The lowest BCUT2D eigenvalue weighted by molar-refractivity contribution is -0.346. The molecule has 74 heavy (non-hydrogen) atoms. The molecule has 12 heteroatoms. The third kappa shape index (κ3) is 14.9. The molecule has 0 bridgehead atoms. The molecule has 9 rings (SSSR count). The molecule has 7 aromatic carbocycles. The number of hydrogen-bond acceptors (Lipinski definition) is 12. The highest BCUT2D eigenvalue weighted by atomic mass is 16.8. The van der Waals surface area contributed by atoms with E-state index in [0.717, 1.165) is 33.4 Å². The van der Waals surface area contributed by atoms with E-state index < -0.39 is 67.4 Å². The maximum absolute atomic E-state index is 14.3. The molecular formula is C62H64O12. The van der Waals surface area contributed by atoms with Gasteiger partial charge in [-0.25, -0.2) is 4.79 Å². The number of benzene rings is 7. The Morgan fingerprint density at radius 3 is 1.08 bits per heavy atom. The first-order valence-corrected chi connectivity index (χ1v) is 25.2. The molecule has 0 radical (unpaired) electrons. The second-order valence-electron chi connectivity index (χ2n) is 18.2. The Balaban J connectivity index is 1.06. The number of ether oxygens (including phenoxy) is 11. The van der Waals surface area contributed by atoms with Crippen molar-refractivity contribution in [3.05, 3.63) is 251 Å². The zero-order chi connectivity index (χ0) is 50.6. The molecule has 2 aliphatic heterocycles. The van der Waals surface area contributed by atoms with Crippen molar-refractivity contribution < 1.29 is 56.9 Å². The molecule has 0 aromatic heterocycles. The fourth-order valence-corrected chi connectivity index (χ4v) is 9.09. The van der Waals surface area contributed by atoms with Gasteiger partial charge in [0.25, 0.3) is 0 Å². The van der Waals surface area contributed by atoms with Crippen LogP contribution in [-0.2, 0) is 91.7 Å². The zero-order valence-corrected chi connectivity index (χ0v) is 41.5. The highest BCUT2D eigenvalue weighted by Crippen LogP contribution is 2.35. The summed E-state index contributed by atoms with van der Waals surface area (Å²) in [5.41, 5.74) is 6.07. The highest BCUT2D eigenvalue weighted by Gasteiger charge is 2.53. The Bertz CT molecular complexity index is 2650. The molecule has 12 nitrogen and oxygen atoms in total. The molecule has 0 unspecified atom stereocenters. The van der Waals surface area contributed by atoms with Gasteiger partial charge in [-0.2, -0.15) is 0 Å². The van der Waals surface area contributed by atoms with E-state index in [2.05, 4.69) is 0 Å². The van der Waals surface area contributed by atoms with Crippen LogP contribution in [0.25, 0.3) is 0 Å². The predicted octanol–water partition coefficient (Wildman–Crippen LogP) is 10.5. The summed E-state index contributed by atoms with van der Waals surface area (Å²) in [6, 6.07) is 68.2. The summed E-state index contributed by atoms with van der Waals surface area (Å²) < 4.78 is 74.1. The van der Waals surface area contributed by atoms with E-state index in [1.54, 1.807) is 31.4 Å². The highest BCUT2D eigenvalue weighted by molar-refractivity contribution is 5.89. The third-order valence-electron chi connectivity index (χ3n) is 12.9. The van der Waals surface area contributed by atoms with Crippen molar-refractivity contribution in [2.24, 2.45) is 0 Å². The van der Waals surface area contributed by atoms with Crippen LogP contribution in [0.3, 0.4) is 0 Å². The van der Waals surface area contributed by atoms with Crippen LogP contribution in [0.5, 0.6) is 0 Å². The normalized spacial score (nSPS) is 23.7. The quantitative estimate of drug-likeness (QED) is 0.0507. The summed E-state index contributed by atoms with van der Waals surface area (Å²) in [5, 5.41) is 0. The van der Waals surface area contributed by atoms with Gasteiger partial charge in [0.05, 0.1) is 58.4 Å². The Kier molecular flexibility index (Phi) is 19.7. The minimum absolute atomic E-state index is 0.0864. The fourth-order valence-electron chi connectivity index (χ4n) is 9.09. The molecule has 384 valence electrons. The monoisotopic (exact) mass is 1000 g/mol. The molecule has 7 aromatic rings. The minimum atomic E-state index is -1.24. The van der Waals surface area contributed by atoms with E-state index in [9.17, 15) is 4.79 Å². The van der Waals surface area contributed by atoms with E-state index in [1.165, 1.54) is 0 Å².